The molecule has 1 aliphatic heterocycles. The van der Waals surface area contributed by atoms with Gasteiger partial charge < -0.3 is 9.55 Å². The molecule has 0 saturated heterocycles. The molecule has 3 aromatic heterocycles. The number of hydrogen-bond donors (Lipinski definition) is 1. The third-order valence-electron chi connectivity index (χ3n) is 5.97. The highest BCUT2D eigenvalue weighted by Gasteiger charge is 2.29. The average Bonchev–Trinajstić information content (AvgIpc) is 3.54. The summed E-state index contributed by atoms with van der Waals surface area (Å²) in [6.45, 7) is 0. The van der Waals surface area contributed by atoms with Crippen LogP contribution in [0.15, 0.2) is 85.5 Å². The van der Waals surface area contributed by atoms with Gasteiger partial charge in [-0.25, -0.2) is 4.39 Å². The van der Waals surface area contributed by atoms with Crippen LogP contribution in [-0.4, -0.2) is 20.3 Å². The largest absolute Gasteiger partial charge is 0.360 e. The molecule has 4 heterocycles. The van der Waals surface area contributed by atoms with Crippen LogP contribution in [0.2, 0.25) is 0 Å². The number of carbonyl (C=O) groups excluding carboxylic acids is 1. The molecule has 6 rings (SSSR count). The van der Waals surface area contributed by atoms with Crippen molar-refractivity contribution in [3.63, 3.8) is 0 Å². The van der Waals surface area contributed by atoms with Gasteiger partial charge in [0.05, 0.1) is 0 Å². The summed E-state index contributed by atoms with van der Waals surface area (Å²) in [5.74, 6) is 0.545. The van der Waals surface area contributed by atoms with Crippen molar-refractivity contribution in [1.82, 2.24) is 14.5 Å². The van der Waals surface area contributed by atoms with Gasteiger partial charge in [-0.3, -0.25) is 9.78 Å². The number of aromatic nitrogens is 3. The molecule has 0 saturated carbocycles. The van der Waals surface area contributed by atoms with Crippen molar-refractivity contribution in [2.75, 3.05) is 0 Å². The van der Waals surface area contributed by atoms with E-state index in [0.29, 0.717) is 5.56 Å². The number of ketones is 1. The standard InChI is InChI=1S/C26H18FN3OS/c27-19-6-3-16(4-7-19)17-5-8-20-22(14-29-23(20)12-17)25(31)21-9-11-30-24(21)15-32-26(30)18-2-1-10-28-13-18/h1-14,26,29H,15H2. The van der Waals surface area contributed by atoms with Crippen molar-refractivity contribution in [3.05, 3.63) is 114 Å². The van der Waals surface area contributed by atoms with Gasteiger partial charge in [0.2, 0.25) is 0 Å². The smallest absolute Gasteiger partial charge is 0.197 e. The number of nitrogens with zero attached hydrogens (tertiary/aromatic N) is 2. The summed E-state index contributed by atoms with van der Waals surface area (Å²) >= 11 is 1.80. The summed E-state index contributed by atoms with van der Waals surface area (Å²) in [5, 5.41) is 1.02. The Labute approximate surface area is 188 Å². The first-order valence-electron chi connectivity index (χ1n) is 10.3. The molecule has 1 atom stereocenters. The van der Waals surface area contributed by atoms with Crippen LogP contribution >= 0.6 is 11.8 Å². The lowest BCUT2D eigenvalue weighted by Gasteiger charge is -2.11. The van der Waals surface area contributed by atoms with Crippen LogP contribution in [0.1, 0.15) is 32.6 Å². The van der Waals surface area contributed by atoms with E-state index in [1.54, 1.807) is 36.3 Å². The van der Waals surface area contributed by atoms with Crippen molar-refractivity contribution < 1.29 is 9.18 Å². The van der Waals surface area contributed by atoms with E-state index in [4.69, 9.17) is 0 Å². The van der Waals surface area contributed by atoms with Gasteiger partial charge in [-0.15, -0.1) is 11.8 Å². The summed E-state index contributed by atoms with van der Waals surface area (Å²) in [4.78, 5) is 21.0. The van der Waals surface area contributed by atoms with E-state index in [0.717, 1.165) is 44.6 Å². The molecular weight excluding hydrogens is 421 g/mol. The predicted octanol–water partition coefficient (Wildman–Crippen LogP) is 6.20. The van der Waals surface area contributed by atoms with E-state index in [2.05, 4.69) is 20.6 Å². The summed E-state index contributed by atoms with van der Waals surface area (Å²) < 4.78 is 15.4. The van der Waals surface area contributed by atoms with E-state index >= 15 is 0 Å². The van der Waals surface area contributed by atoms with Crippen LogP contribution in [0.3, 0.4) is 0 Å². The molecular formula is C26H18FN3OS. The number of carbonyl (C=O) groups is 1. The van der Waals surface area contributed by atoms with Gasteiger partial charge in [0.15, 0.2) is 5.78 Å². The van der Waals surface area contributed by atoms with Gasteiger partial charge >= 0.3 is 0 Å². The highest BCUT2D eigenvalue weighted by molar-refractivity contribution is 7.99. The zero-order valence-electron chi connectivity index (χ0n) is 17.0. The van der Waals surface area contributed by atoms with E-state index in [1.807, 2.05) is 42.7 Å². The maximum Gasteiger partial charge on any atom is 0.197 e. The van der Waals surface area contributed by atoms with Crippen LogP contribution in [0.4, 0.5) is 4.39 Å². The number of nitrogens with one attached hydrogen (secondary N) is 1. The zero-order chi connectivity index (χ0) is 21.7. The minimum absolute atomic E-state index is 0.0203. The Hall–Kier alpha value is -3.64. The molecule has 0 aliphatic carbocycles. The molecule has 156 valence electrons. The number of halogens is 1. The fourth-order valence-corrected chi connectivity index (χ4v) is 5.67. The topological polar surface area (TPSA) is 50.7 Å². The molecule has 5 aromatic rings. The third-order valence-corrected chi connectivity index (χ3v) is 7.23. The predicted molar refractivity (Wildman–Crippen MR) is 125 cm³/mol. The minimum Gasteiger partial charge on any atom is -0.360 e. The molecule has 0 bridgehead atoms. The molecule has 0 amide bonds. The maximum atomic E-state index is 13.5. The fourth-order valence-electron chi connectivity index (χ4n) is 4.36. The molecule has 1 unspecified atom stereocenters. The number of pyridine rings is 1. The first kappa shape index (κ1) is 19.1. The van der Waals surface area contributed by atoms with E-state index in [1.165, 1.54) is 12.1 Å². The highest BCUT2D eigenvalue weighted by Crippen LogP contribution is 2.42. The molecule has 0 radical (unpaired) electrons. The van der Waals surface area contributed by atoms with Crippen molar-refractivity contribution in [2.45, 2.75) is 11.1 Å². The molecule has 32 heavy (non-hydrogen) atoms. The summed E-state index contributed by atoms with van der Waals surface area (Å²) in [6, 6.07) is 18.3. The Balaban J connectivity index is 1.34. The number of rotatable bonds is 4. The molecule has 4 nitrogen and oxygen atoms in total. The van der Waals surface area contributed by atoms with Gasteiger partial charge in [-0.05, 0) is 41.5 Å². The molecule has 0 spiro atoms. The van der Waals surface area contributed by atoms with Crippen molar-refractivity contribution >= 4 is 28.4 Å². The lowest BCUT2D eigenvalue weighted by molar-refractivity contribution is 0.103. The first-order chi connectivity index (χ1) is 15.7. The fraction of sp³-hybridized carbons (Fsp3) is 0.0769. The van der Waals surface area contributed by atoms with Crippen molar-refractivity contribution in [1.29, 1.82) is 0 Å². The quantitative estimate of drug-likeness (QED) is 0.340. The lowest BCUT2D eigenvalue weighted by Crippen LogP contribution is -2.05. The van der Waals surface area contributed by atoms with Crippen LogP contribution in [0, 0.1) is 5.82 Å². The van der Waals surface area contributed by atoms with Crippen molar-refractivity contribution in [3.8, 4) is 11.1 Å². The Morgan fingerprint density at radius 2 is 1.91 bits per heavy atom. The minimum atomic E-state index is -0.258. The molecule has 0 fully saturated rings. The van der Waals surface area contributed by atoms with Gasteiger partial charge in [0.1, 0.15) is 11.2 Å². The number of thioether (sulfide) groups is 1. The number of aromatic amines is 1. The van der Waals surface area contributed by atoms with Crippen LogP contribution < -0.4 is 0 Å². The monoisotopic (exact) mass is 439 g/mol. The highest BCUT2D eigenvalue weighted by atomic mass is 32.2. The van der Waals surface area contributed by atoms with Gasteiger partial charge in [0.25, 0.3) is 0 Å². The second-order valence-electron chi connectivity index (χ2n) is 7.83. The molecule has 1 aliphatic rings. The van der Waals surface area contributed by atoms with Gasteiger partial charge in [-0.1, -0.05) is 30.3 Å². The van der Waals surface area contributed by atoms with Gasteiger partial charge in [0, 0.05) is 63.8 Å². The average molecular weight is 440 g/mol. The number of benzene rings is 2. The Bertz CT molecular complexity index is 1450. The van der Waals surface area contributed by atoms with Crippen LogP contribution in [-0.2, 0) is 5.75 Å². The van der Waals surface area contributed by atoms with Crippen LogP contribution in [0.5, 0.6) is 0 Å². The third kappa shape index (κ3) is 3.07. The van der Waals surface area contributed by atoms with E-state index in [9.17, 15) is 9.18 Å². The maximum absolute atomic E-state index is 13.5. The number of fused-ring (bicyclic) bond motifs is 2. The molecule has 2 aromatic carbocycles. The Morgan fingerprint density at radius 3 is 2.72 bits per heavy atom. The summed E-state index contributed by atoms with van der Waals surface area (Å²) in [7, 11) is 0. The Morgan fingerprint density at radius 1 is 1.06 bits per heavy atom. The zero-order valence-corrected chi connectivity index (χ0v) is 17.8. The summed E-state index contributed by atoms with van der Waals surface area (Å²) in [5.41, 5.74) is 6.37. The summed E-state index contributed by atoms with van der Waals surface area (Å²) in [6.07, 6.45) is 7.44. The Kier molecular flexibility index (Phi) is 4.47. The second kappa shape index (κ2) is 7.50. The number of hydrogen-bond acceptors (Lipinski definition) is 3. The van der Waals surface area contributed by atoms with Crippen molar-refractivity contribution in [2.24, 2.45) is 0 Å². The van der Waals surface area contributed by atoms with Crippen LogP contribution in [0.25, 0.3) is 22.0 Å². The van der Waals surface area contributed by atoms with E-state index in [-0.39, 0.29) is 17.0 Å². The first-order valence-corrected chi connectivity index (χ1v) is 11.4. The SMILES string of the molecule is O=C(c1ccn2c1CSC2c1cccnc1)c1c[nH]c2cc(-c3ccc(F)cc3)ccc12. The normalized spacial score (nSPS) is 15.2. The molecule has 6 heteroatoms. The second-order valence-corrected chi connectivity index (χ2v) is 8.90. The molecule has 1 N–H and O–H groups in total. The number of H-pyrrole nitrogens is 1. The van der Waals surface area contributed by atoms with Gasteiger partial charge in [-0.2, -0.15) is 0 Å². The van der Waals surface area contributed by atoms with E-state index < -0.39 is 0 Å². The lowest BCUT2D eigenvalue weighted by atomic mass is 10.00.